The summed E-state index contributed by atoms with van der Waals surface area (Å²) in [4.78, 5) is 6.68. The van der Waals surface area contributed by atoms with Crippen LogP contribution in [0.5, 0.6) is 0 Å². The van der Waals surface area contributed by atoms with E-state index in [-0.39, 0.29) is 0 Å². The average Bonchev–Trinajstić information content (AvgIpc) is 3.25. The molecule has 4 nitrogen and oxygen atoms in total. The molecule has 3 heterocycles. The highest BCUT2D eigenvalue weighted by molar-refractivity contribution is 7.18. The summed E-state index contributed by atoms with van der Waals surface area (Å²) in [5.74, 6) is 0. The van der Waals surface area contributed by atoms with E-state index in [1.54, 1.807) is 17.5 Å². The number of benzene rings is 1. The number of nitrogens with zero attached hydrogens (tertiary/aromatic N) is 4. The zero-order valence-electron chi connectivity index (χ0n) is 12.4. The summed E-state index contributed by atoms with van der Waals surface area (Å²) < 4.78 is 0. The largest absolute Gasteiger partial charge is 0.340 e. The second-order valence-corrected chi connectivity index (χ2v) is 6.90. The van der Waals surface area contributed by atoms with Crippen molar-refractivity contribution < 1.29 is 0 Å². The van der Waals surface area contributed by atoms with Crippen molar-refractivity contribution in [2.45, 2.75) is 18.9 Å². The fourth-order valence-corrected chi connectivity index (χ4v) is 4.08. The van der Waals surface area contributed by atoms with Gasteiger partial charge in [-0.05, 0) is 42.7 Å². The van der Waals surface area contributed by atoms with Crippen molar-refractivity contribution in [3.8, 4) is 10.7 Å². The summed E-state index contributed by atoms with van der Waals surface area (Å²) in [5, 5.41) is 11.3. The Morgan fingerprint density at radius 2 is 2.09 bits per heavy atom. The topological polar surface area (TPSA) is 41.9 Å². The maximum Gasteiger partial charge on any atom is 0.209 e. The second-order valence-electron chi connectivity index (χ2n) is 5.51. The van der Waals surface area contributed by atoms with Gasteiger partial charge in [-0.3, -0.25) is 4.98 Å². The Hall–Kier alpha value is -1.98. The molecule has 2 aromatic heterocycles. The minimum Gasteiger partial charge on any atom is -0.340 e. The Balaban J connectivity index is 1.63. The van der Waals surface area contributed by atoms with Crippen LogP contribution in [0.25, 0.3) is 10.7 Å². The highest BCUT2D eigenvalue weighted by Crippen LogP contribution is 2.39. The smallest absolute Gasteiger partial charge is 0.209 e. The van der Waals surface area contributed by atoms with Gasteiger partial charge in [0.2, 0.25) is 5.13 Å². The lowest BCUT2D eigenvalue weighted by molar-refractivity contribution is 0.714. The summed E-state index contributed by atoms with van der Waals surface area (Å²) in [7, 11) is 0. The molecule has 1 atom stereocenters. The molecule has 1 fully saturated rings. The fraction of sp³-hybridized carbons (Fsp3) is 0.235. The maximum atomic E-state index is 6.15. The summed E-state index contributed by atoms with van der Waals surface area (Å²) in [6.45, 7) is 0.994. The van der Waals surface area contributed by atoms with Crippen LogP contribution in [0.15, 0.2) is 48.7 Å². The van der Waals surface area contributed by atoms with Crippen molar-refractivity contribution in [1.82, 2.24) is 15.2 Å². The molecule has 23 heavy (non-hydrogen) atoms. The van der Waals surface area contributed by atoms with E-state index in [1.807, 2.05) is 36.4 Å². The second kappa shape index (κ2) is 6.26. The van der Waals surface area contributed by atoms with E-state index >= 15 is 0 Å². The normalized spacial score (nSPS) is 17.6. The van der Waals surface area contributed by atoms with Gasteiger partial charge in [0.1, 0.15) is 5.69 Å². The number of anilines is 1. The molecule has 1 aliphatic heterocycles. The highest BCUT2D eigenvalue weighted by atomic mass is 35.5. The minimum atomic E-state index is 0.318. The number of hydrogen-bond donors (Lipinski definition) is 0. The molecule has 0 spiro atoms. The number of hydrogen-bond acceptors (Lipinski definition) is 5. The monoisotopic (exact) mass is 342 g/mol. The van der Waals surface area contributed by atoms with Crippen LogP contribution in [0.2, 0.25) is 5.02 Å². The van der Waals surface area contributed by atoms with Gasteiger partial charge in [0.15, 0.2) is 5.01 Å². The van der Waals surface area contributed by atoms with Crippen LogP contribution < -0.4 is 4.90 Å². The van der Waals surface area contributed by atoms with E-state index in [0.717, 1.165) is 40.2 Å². The number of halogens is 1. The molecule has 6 heteroatoms. The van der Waals surface area contributed by atoms with Crippen molar-refractivity contribution in [1.29, 1.82) is 0 Å². The van der Waals surface area contributed by atoms with Crippen LogP contribution in [0.3, 0.4) is 0 Å². The van der Waals surface area contributed by atoms with E-state index in [0.29, 0.717) is 6.04 Å². The molecule has 4 rings (SSSR count). The van der Waals surface area contributed by atoms with Gasteiger partial charge >= 0.3 is 0 Å². The van der Waals surface area contributed by atoms with Crippen LogP contribution >= 0.6 is 22.9 Å². The zero-order chi connectivity index (χ0) is 15.6. The van der Waals surface area contributed by atoms with Crippen LogP contribution in [0.1, 0.15) is 24.4 Å². The molecule has 0 N–H and O–H groups in total. The van der Waals surface area contributed by atoms with Gasteiger partial charge in [-0.25, -0.2) is 0 Å². The van der Waals surface area contributed by atoms with Gasteiger partial charge in [-0.2, -0.15) is 0 Å². The molecule has 1 aromatic carbocycles. The molecule has 0 radical (unpaired) electrons. The fourth-order valence-electron chi connectivity index (χ4n) is 2.98. The summed E-state index contributed by atoms with van der Waals surface area (Å²) in [6.07, 6.45) is 4.04. The Morgan fingerprint density at radius 1 is 1.13 bits per heavy atom. The average molecular weight is 343 g/mol. The van der Waals surface area contributed by atoms with E-state index in [2.05, 4.69) is 26.1 Å². The molecule has 0 aliphatic carbocycles. The van der Waals surface area contributed by atoms with Gasteiger partial charge in [-0.15, -0.1) is 10.2 Å². The summed E-state index contributed by atoms with van der Waals surface area (Å²) in [5.41, 5.74) is 2.11. The first-order valence-corrected chi connectivity index (χ1v) is 8.78. The lowest BCUT2D eigenvalue weighted by Gasteiger charge is -2.23. The minimum absolute atomic E-state index is 0.318. The summed E-state index contributed by atoms with van der Waals surface area (Å²) in [6, 6.07) is 14.2. The van der Waals surface area contributed by atoms with Gasteiger partial charge in [-0.1, -0.05) is 41.1 Å². The standard InChI is InChI=1S/C17H15ClN4S/c18-13-6-3-5-12(11-13)15-8-4-10-22(15)17-21-20-16(23-17)14-7-1-2-9-19-14/h1-3,5-7,9,11,15H,4,8,10H2. The maximum absolute atomic E-state index is 6.15. The van der Waals surface area contributed by atoms with Crippen LogP contribution in [0, 0.1) is 0 Å². The van der Waals surface area contributed by atoms with Crippen LogP contribution in [-0.4, -0.2) is 21.7 Å². The van der Waals surface area contributed by atoms with Crippen LogP contribution in [-0.2, 0) is 0 Å². The Morgan fingerprint density at radius 3 is 2.91 bits per heavy atom. The predicted octanol–water partition coefficient (Wildman–Crippen LogP) is 4.60. The number of pyridine rings is 1. The predicted molar refractivity (Wildman–Crippen MR) is 93.9 cm³/mol. The van der Waals surface area contributed by atoms with Crippen molar-refractivity contribution in [3.05, 3.63) is 59.2 Å². The Bertz CT molecular complexity index is 805. The van der Waals surface area contributed by atoms with Gasteiger partial charge in [0, 0.05) is 17.8 Å². The van der Waals surface area contributed by atoms with Gasteiger partial charge in [0.05, 0.1) is 6.04 Å². The molecule has 1 unspecified atom stereocenters. The first-order valence-electron chi connectivity index (χ1n) is 7.58. The van der Waals surface area contributed by atoms with Crippen molar-refractivity contribution in [2.24, 2.45) is 0 Å². The molecule has 1 saturated heterocycles. The van der Waals surface area contributed by atoms with E-state index in [4.69, 9.17) is 11.6 Å². The van der Waals surface area contributed by atoms with Gasteiger partial charge in [0.25, 0.3) is 0 Å². The van der Waals surface area contributed by atoms with Crippen LogP contribution in [0.4, 0.5) is 5.13 Å². The third-order valence-electron chi connectivity index (χ3n) is 4.03. The molecule has 0 bridgehead atoms. The Kier molecular flexibility index (Phi) is 3.97. The lowest BCUT2D eigenvalue weighted by atomic mass is 10.1. The number of rotatable bonds is 3. The molecule has 116 valence electrons. The highest BCUT2D eigenvalue weighted by Gasteiger charge is 2.29. The quantitative estimate of drug-likeness (QED) is 0.697. The first kappa shape index (κ1) is 14.6. The van der Waals surface area contributed by atoms with E-state index < -0.39 is 0 Å². The molecule has 1 aliphatic rings. The van der Waals surface area contributed by atoms with Crippen molar-refractivity contribution >= 4 is 28.1 Å². The lowest BCUT2D eigenvalue weighted by Crippen LogP contribution is -2.22. The molecule has 0 saturated carbocycles. The van der Waals surface area contributed by atoms with E-state index in [9.17, 15) is 0 Å². The number of aromatic nitrogens is 3. The zero-order valence-corrected chi connectivity index (χ0v) is 14.0. The molecule has 3 aromatic rings. The Labute approximate surface area is 143 Å². The van der Waals surface area contributed by atoms with Crippen molar-refractivity contribution in [2.75, 3.05) is 11.4 Å². The molecular formula is C17H15ClN4S. The van der Waals surface area contributed by atoms with Gasteiger partial charge < -0.3 is 4.90 Å². The first-order chi connectivity index (χ1) is 11.3. The third kappa shape index (κ3) is 2.94. The van der Waals surface area contributed by atoms with E-state index in [1.165, 1.54) is 5.56 Å². The van der Waals surface area contributed by atoms with Crippen molar-refractivity contribution in [3.63, 3.8) is 0 Å². The molecule has 0 amide bonds. The molecular weight excluding hydrogens is 328 g/mol. The third-order valence-corrected chi connectivity index (χ3v) is 5.25. The summed E-state index contributed by atoms with van der Waals surface area (Å²) >= 11 is 7.74. The SMILES string of the molecule is Clc1cccc(C2CCCN2c2nnc(-c3ccccn3)s2)c1.